The molecule has 0 amide bonds. The number of benzene rings is 2. The summed E-state index contributed by atoms with van der Waals surface area (Å²) in [6.45, 7) is 0.320. The van der Waals surface area contributed by atoms with Crippen LogP contribution in [0.3, 0.4) is 0 Å². The number of nitrogens with one attached hydrogen (secondary N) is 1. The lowest BCUT2D eigenvalue weighted by Crippen LogP contribution is -2.20. The highest BCUT2D eigenvalue weighted by molar-refractivity contribution is 6.33. The van der Waals surface area contributed by atoms with Gasteiger partial charge in [0.15, 0.2) is 5.58 Å². The predicted octanol–water partition coefficient (Wildman–Crippen LogP) is 4.16. The van der Waals surface area contributed by atoms with E-state index in [4.69, 9.17) is 27.6 Å². The van der Waals surface area contributed by atoms with E-state index in [0.29, 0.717) is 23.1 Å². The molecule has 0 saturated heterocycles. The van der Waals surface area contributed by atoms with Gasteiger partial charge in [-0.1, -0.05) is 23.7 Å². The van der Waals surface area contributed by atoms with E-state index in [9.17, 15) is 5.11 Å². The number of para-hydroxylation sites is 2. The van der Waals surface area contributed by atoms with Crippen molar-refractivity contribution >= 4 is 40.0 Å². The van der Waals surface area contributed by atoms with Crippen molar-refractivity contribution in [2.75, 3.05) is 17.7 Å². The minimum atomic E-state index is -0.634. The van der Waals surface area contributed by atoms with Crippen LogP contribution < -0.4 is 5.32 Å². The van der Waals surface area contributed by atoms with Gasteiger partial charge in [0.25, 0.3) is 0 Å². The second-order valence-electron chi connectivity index (χ2n) is 4.87. The minimum absolute atomic E-state index is 0.162. The Labute approximate surface area is 137 Å². The third kappa shape index (κ3) is 3.19. The van der Waals surface area contributed by atoms with Gasteiger partial charge < -0.3 is 14.8 Å². The SMILES string of the molecule is OC(CCl)CNc1cc(-c2nc3ccccc3o2)ccc1Cl. The molecule has 0 aliphatic rings. The van der Waals surface area contributed by atoms with E-state index >= 15 is 0 Å². The largest absolute Gasteiger partial charge is 0.436 e. The summed E-state index contributed by atoms with van der Waals surface area (Å²) in [7, 11) is 0. The number of aliphatic hydroxyl groups is 1. The lowest BCUT2D eigenvalue weighted by Gasteiger charge is -2.12. The monoisotopic (exact) mass is 336 g/mol. The number of oxazole rings is 1. The van der Waals surface area contributed by atoms with Crippen molar-refractivity contribution in [3.8, 4) is 11.5 Å². The first kappa shape index (κ1) is 15.2. The van der Waals surface area contributed by atoms with E-state index in [1.807, 2.05) is 36.4 Å². The molecule has 4 nitrogen and oxygen atoms in total. The summed E-state index contributed by atoms with van der Waals surface area (Å²) in [6, 6.07) is 13.0. The van der Waals surface area contributed by atoms with Crippen LogP contribution in [0.15, 0.2) is 46.9 Å². The number of hydrogen-bond donors (Lipinski definition) is 2. The smallest absolute Gasteiger partial charge is 0.227 e. The Kier molecular flexibility index (Phi) is 4.52. The standard InChI is InChI=1S/C16H14Cl2N2O2/c17-8-11(21)9-19-14-7-10(5-6-12(14)18)16-20-13-3-1-2-4-15(13)22-16/h1-7,11,19,21H,8-9H2. The second kappa shape index (κ2) is 6.57. The quantitative estimate of drug-likeness (QED) is 0.687. The molecule has 1 heterocycles. The van der Waals surface area contributed by atoms with Crippen LogP contribution in [0.1, 0.15) is 0 Å². The van der Waals surface area contributed by atoms with Gasteiger partial charge in [0, 0.05) is 12.1 Å². The molecule has 1 atom stereocenters. The van der Waals surface area contributed by atoms with E-state index < -0.39 is 6.10 Å². The third-order valence-corrected chi connectivity index (χ3v) is 3.90. The fraction of sp³-hybridized carbons (Fsp3) is 0.188. The highest BCUT2D eigenvalue weighted by Crippen LogP contribution is 2.30. The number of alkyl halides is 1. The van der Waals surface area contributed by atoms with Gasteiger partial charge in [-0.15, -0.1) is 11.6 Å². The molecule has 6 heteroatoms. The van der Waals surface area contributed by atoms with Crippen LogP contribution in [0.2, 0.25) is 5.02 Å². The molecule has 22 heavy (non-hydrogen) atoms. The minimum Gasteiger partial charge on any atom is -0.436 e. The molecule has 0 bridgehead atoms. The normalized spacial score (nSPS) is 12.5. The molecule has 1 aromatic heterocycles. The van der Waals surface area contributed by atoms with Crippen molar-refractivity contribution in [2.45, 2.75) is 6.10 Å². The molecule has 0 saturated carbocycles. The van der Waals surface area contributed by atoms with Gasteiger partial charge in [0.2, 0.25) is 5.89 Å². The van der Waals surface area contributed by atoms with Gasteiger partial charge in [0.05, 0.1) is 22.7 Å². The fourth-order valence-corrected chi connectivity index (χ4v) is 2.37. The Hall–Kier alpha value is -1.75. The highest BCUT2D eigenvalue weighted by atomic mass is 35.5. The van der Waals surface area contributed by atoms with E-state index in [0.717, 1.165) is 16.7 Å². The topological polar surface area (TPSA) is 58.3 Å². The van der Waals surface area contributed by atoms with Crippen molar-refractivity contribution in [3.63, 3.8) is 0 Å². The lowest BCUT2D eigenvalue weighted by atomic mass is 10.2. The summed E-state index contributed by atoms with van der Waals surface area (Å²) < 4.78 is 5.74. The molecule has 0 radical (unpaired) electrons. The summed E-state index contributed by atoms with van der Waals surface area (Å²) in [5.74, 6) is 0.689. The van der Waals surface area contributed by atoms with E-state index in [1.54, 1.807) is 6.07 Å². The van der Waals surface area contributed by atoms with Gasteiger partial charge >= 0.3 is 0 Å². The summed E-state index contributed by atoms with van der Waals surface area (Å²) in [5.41, 5.74) is 3.05. The maximum atomic E-state index is 9.52. The summed E-state index contributed by atoms with van der Waals surface area (Å²) in [5, 5.41) is 13.2. The number of aliphatic hydroxyl groups excluding tert-OH is 1. The number of anilines is 1. The van der Waals surface area contributed by atoms with Crippen molar-refractivity contribution in [1.29, 1.82) is 0 Å². The first-order chi connectivity index (χ1) is 10.7. The van der Waals surface area contributed by atoms with Crippen molar-refractivity contribution in [2.24, 2.45) is 0 Å². The zero-order valence-corrected chi connectivity index (χ0v) is 13.1. The molecule has 0 fully saturated rings. The molecule has 0 aliphatic carbocycles. The first-order valence-corrected chi connectivity index (χ1v) is 7.72. The van der Waals surface area contributed by atoms with Crippen LogP contribution in [0.25, 0.3) is 22.6 Å². The molecule has 2 aromatic carbocycles. The van der Waals surface area contributed by atoms with Gasteiger partial charge in [-0.3, -0.25) is 0 Å². The Morgan fingerprint density at radius 1 is 1.23 bits per heavy atom. The predicted molar refractivity (Wildman–Crippen MR) is 89.7 cm³/mol. The maximum Gasteiger partial charge on any atom is 0.227 e. The molecule has 3 aromatic rings. The average molecular weight is 337 g/mol. The second-order valence-corrected chi connectivity index (χ2v) is 5.59. The van der Waals surface area contributed by atoms with Gasteiger partial charge in [-0.2, -0.15) is 0 Å². The number of nitrogens with zero attached hydrogens (tertiary/aromatic N) is 1. The van der Waals surface area contributed by atoms with Gasteiger partial charge in [-0.25, -0.2) is 4.98 Å². The molecule has 1 unspecified atom stereocenters. The number of hydrogen-bond acceptors (Lipinski definition) is 4. The Morgan fingerprint density at radius 2 is 2.05 bits per heavy atom. The Balaban J connectivity index is 1.90. The molecule has 0 spiro atoms. The van der Waals surface area contributed by atoms with Crippen LogP contribution in [0, 0.1) is 0 Å². The number of aromatic nitrogens is 1. The van der Waals surface area contributed by atoms with Crippen molar-refractivity contribution in [3.05, 3.63) is 47.5 Å². The van der Waals surface area contributed by atoms with E-state index in [1.165, 1.54) is 0 Å². The zero-order chi connectivity index (χ0) is 15.5. The molecule has 114 valence electrons. The first-order valence-electron chi connectivity index (χ1n) is 6.81. The van der Waals surface area contributed by atoms with Crippen LogP contribution in [0.5, 0.6) is 0 Å². The number of fused-ring (bicyclic) bond motifs is 1. The van der Waals surface area contributed by atoms with Crippen molar-refractivity contribution < 1.29 is 9.52 Å². The van der Waals surface area contributed by atoms with E-state index in [2.05, 4.69) is 10.3 Å². The van der Waals surface area contributed by atoms with Gasteiger partial charge in [0.1, 0.15) is 5.52 Å². The molecular formula is C16H14Cl2N2O2. The van der Waals surface area contributed by atoms with Crippen LogP contribution in [-0.2, 0) is 0 Å². The van der Waals surface area contributed by atoms with Crippen LogP contribution in [0.4, 0.5) is 5.69 Å². The van der Waals surface area contributed by atoms with E-state index in [-0.39, 0.29) is 5.88 Å². The fourth-order valence-electron chi connectivity index (χ4n) is 2.07. The highest BCUT2D eigenvalue weighted by Gasteiger charge is 2.11. The Bertz CT molecular complexity index is 756. The molecule has 0 aliphatic heterocycles. The molecule has 3 rings (SSSR count). The number of halogens is 2. The van der Waals surface area contributed by atoms with Gasteiger partial charge in [-0.05, 0) is 30.3 Å². The van der Waals surface area contributed by atoms with Crippen LogP contribution >= 0.6 is 23.2 Å². The summed E-state index contributed by atoms with van der Waals surface area (Å²) in [4.78, 5) is 4.46. The summed E-state index contributed by atoms with van der Waals surface area (Å²) >= 11 is 11.7. The third-order valence-electron chi connectivity index (χ3n) is 3.21. The Morgan fingerprint density at radius 3 is 2.82 bits per heavy atom. The summed E-state index contributed by atoms with van der Waals surface area (Å²) in [6.07, 6.45) is -0.634. The maximum absolute atomic E-state index is 9.52. The molecular weight excluding hydrogens is 323 g/mol. The van der Waals surface area contributed by atoms with Crippen LogP contribution in [-0.4, -0.2) is 28.6 Å². The van der Waals surface area contributed by atoms with Crippen molar-refractivity contribution in [1.82, 2.24) is 4.98 Å². The molecule has 2 N–H and O–H groups in total. The zero-order valence-electron chi connectivity index (χ0n) is 11.6. The number of rotatable bonds is 5. The average Bonchev–Trinajstić information content (AvgIpc) is 2.97. The lowest BCUT2D eigenvalue weighted by molar-refractivity contribution is 0.211.